The minimum absolute atomic E-state index is 0.0203. The van der Waals surface area contributed by atoms with Crippen molar-refractivity contribution in [3.8, 4) is 28.1 Å². The fraction of sp³-hybridized carbons (Fsp3) is 0.558. The number of benzene rings is 2. The highest BCUT2D eigenvalue weighted by Gasteiger charge is 2.40. The lowest BCUT2D eigenvalue weighted by molar-refractivity contribution is -0.274. The average molecular weight is 889 g/mol. The van der Waals surface area contributed by atoms with Crippen LogP contribution in [0, 0.1) is 11.8 Å². The first-order valence-electron chi connectivity index (χ1n) is 20.9. The number of H-pyrrole nitrogens is 1. The van der Waals surface area contributed by atoms with E-state index in [1.165, 1.54) is 13.2 Å². The second-order valence-corrected chi connectivity index (χ2v) is 17.9. The number of aromatic amines is 1. The summed E-state index contributed by atoms with van der Waals surface area (Å²) in [5.41, 5.74) is 1.14. The van der Waals surface area contributed by atoms with Crippen molar-refractivity contribution in [3.63, 3.8) is 0 Å². The zero-order valence-corrected chi connectivity index (χ0v) is 36.9. The first kappa shape index (κ1) is 46.3. The Kier molecular flexibility index (Phi) is 14.2. The molecule has 3 aliphatic rings. The number of piperidine rings is 1. The number of rotatable bonds is 9. The predicted octanol–water partition coefficient (Wildman–Crippen LogP) is 8.13. The lowest BCUT2D eigenvalue weighted by Crippen LogP contribution is -2.55. The van der Waals surface area contributed by atoms with Crippen molar-refractivity contribution in [1.82, 2.24) is 34.9 Å². The summed E-state index contributed by atoms with van der Waals surface area (Å²) in [5, 5.41) is 5.35. The summed E-state index contributed by atoms with van der Waals surface area (Å²) in [7, 11) is 1.24. The van der Waals surface area contributed by atoms with Crippen LogP contribution in [0.25, 0.3) is 22.4 Å². The third kappa shape index (κ3) is 11.4. The molecule has 19 heteroatoms. The molecule has 3 unspecified atom stereocenters. The summed E-state index contributed by atoms with van der Waals surface area (Å²) in [6, 6.07) is 7.67. The van der Waals surface area contributed by atoms with Gasteiger partial charge in [0.05, 0.1) is 35.8 Å². The van der Waals surface area contributed by atoms with Crippen LogP contribution >= 0.6 is 11.6 Å². The number of urea groups is 1. The van der Waals surface area contributed by atoms with Crippen molar-refractivity contribution in [2.24, 2.45) is 11.8 Å². The highest BCUT2D eigenvalue weighted by atomic mass is 35.5. The fourth-order valence-electron chi connectivity index (χ4n) is 8.22. The van der Waals surface area contributed by atoms with Gasteiger partial charge in [0, 0.05) is 63.5 Å². The first-order chi connectivity index (χ1) is 29.2. The number of piperazine rings is 1. The number of alkyl halides is 3. The van der Waals surface area contributed by atoms with Crippen molar-refractivity contribution in [2.45, 2.75) is 90.9 Å². The SMILES string of the molecule is COC(=O)NC(C(=O)N1CC(C)CC1c1ncc(-c2ccc(-c3cc(Cl)c(NC(=O)N4CCN(C5CCN(C(=O)OC(C)(C)C)CC5)CC4)cc3OC(F)(F)F)cc2)[nH]1)C(C)C. The molecule has 338 valence electrons. The monoisotopic (exact) mass is 888 g/mol. The molecule has 6 rings (SSSR count). The van der Waals surface area contributed by atoms with E-state index in [1.54, 1.807) is 45.2 Å². The number of hydrogen-bond donors (Lipinski definition) is 3. The number of aromatic nitrogens is 2. The van der Waals surface area contributed by atoms with Crippen molar-refractivity contribution >= 4 is 41.4 Å². The zero-order chi connectivity index (χ0) is 45.1. The molecular weight excluding hydrogens is 833 g/mol. The number of nitrogens with one attached hydrogen (secondary N) is 3. The Labute approximate surface area is 364 Å². The summed E-state index contributed by atoms with van der Waals surface area (Å²) < 4.78 is 56.0. The minimum atomic E-state index is -5.03. The lowest BCUT2D eigenvalue weighted by atomic mass is 10.0. The minimum Gasteiger partial charge on any atom is -0.453 e. The molecule has 0 saturated carbocycles. The summed E-state index contributed by atoms with van der Waals surface area (Å²) in [4.78, 5) is 66.8. The Bertz CT molecular complexity index is 2080. The standard InChI is InChI=1S/C43H56ClF3N8O7/c1-25(2)36(51-40(58)60-7)38(56)55-24-26(3)20-34(55)37-48-23-33(49-37)28-10-8-27(9-11-28)30-21-31(44)32(22-35(30)61-43(45,46)47)50-39(57)53-18-16-52(17-19-53)29-12-14-54(15-13-29)41(59)62-42(4,5)6/h8-11,21-23,25-26,29,34,36H,12-20,24H2,1-7H3,(H,48,49)(H,50,57)(H,51,58). The quantitative estimate of drug-likeness (QED) is 0.193. The molecule has 62 heavy (non-hydrogen) atoms. The Hall–Kier alpha value is -5.23. The maximum Gasteiger partial charge on any atom is 0.573 e. The second-order valence-electron chi connectivity index (χ2n) is 17.5. The number of anilines is 1. The van der Waals surface area contributed by atoms with Gasteiger partial charge in [0.1, 0.15) is 23.2 Å². The van der Waals surface area contributed by atoms with Crippen LogP contribution < -0.4 is 15.4 Å². The number of amides is 5. The molecule has 15 nitrogen and oxygen atoms in total. The van der Waals surface area contributed by atoms with Crippen molar-refractivity contribution in [2.75, 3.05) is 58.2 Å². The normalized spacial score (nSPS) is 19.6. The predicted molar refractivity (Wildman–Crippen MR) is 227 cm³/mol. The van der Waals surface area contributed by atoms with E-state index in [-0.39, 0.29) is 52.2 Å². The van der Waals surface area contributed by atoms with E-state index in [1.807, 2.05) is 41.5 Å². The molecule has 3 N–H and O–H groups in total. The van der Waals surface area contributed by atoms with Gasteiger partial charge >= 0.3 is 24.6 Å². The van der Waals surface area contributed by atoms with E-state index in [2.05, 4.69) is 30.2 Å². The van der Waals surface area contributed by atoms with Crippen LogP contribution in [0.5, 0.6) is 5.75 Å². The Morgan fingerprint density at radius 2 is 1.58 bits per heavy atom. The topological polar surface area (TPSA) is 162 Å². The van der Waals surface area contributed by atoms with Crippen LogP contribution in [0.2, 0.25) is 5.02 Å². The molecule has 3 fully saturated rings. The number of carbonyl (C=O) groups is 4. The van der Waals surface area contributed by atoms with Crippen LogP contribution in [0.1, 0.15) is 72.7 Å². The number of likely N-dealkylation sites (tertiary alicyclic amines) is 2. The zero-order valence-electron chi connectivity index (χ0n) is 36.1. The number of alkyl carbamates (subject to hydrolysis) is 1. The fourth-order valence-corrected chi connectivity index (χ4v) is 8.43. The summed E-state index contributed by atoms with van der Waals surface area (Å²) >= 11 is 6.62. The molecule has 5 amide bonds. The van der Waals surface area contributed by atoms with Crippen LogP contribution in [-0.2, 0) is 14.3 Å². The third-order valence-corrected chi connectivity index (χ3v) is 11.7. The van der Waals surface area contributed by atoms with Crippen LogP contribution in [-0.4, -0.2) is 131 Å². The number of imidazole rings is 1. The van der Waals surface area contributed by atoms with E-state index >= 15 is 0 Å². The molecule has 2 aromatic carbocycles. The summed E-state index contributed by atoms with van der Waals surface area (Å²) in [6.07, 6.45) is -2.21. The maximum absolute atomic E-state index is 13.8. The molecular formula is C43H56ClF3N8O7. The van der Waals surface area contributed by atoms with Gasteiger partial charge < -0.3 is 44.5 Å². The van der Waals surface area contributed by atoms with Crippen molar-refractivity contribution in [1.29, 1.82) is 0 Å². The van der Waals surface area contributed by atoms with Gasteiger partial charge in [0.25, 0.3) is 0 Å². The summed E-state index contributed by atoms with van der Waals surface area (Å²) in [6.45, 7) is 14.9. The highest BCUT2D eigenvalue weighted by molar-refractivity contribution is 6.34. The molecule has 0 bridgehead atoms. The first-order valence-corrected chi connectivity index (χ1v) is 21.2. The molecule has 0 radical (unpaired) electrons. The lowest BCUT2D eigenvalue weighted by Gasteiger charge is -2.42. The summed E-state index contributed by atoms with van der Waals surface area (Å²) in [5.74, 6) is -0.247. The van der Waals surface area contributed by atoms with Gasteiger partial charge in [-0.1, -0.05) is 56.6 Å². The molecule has 0 aliphatic carbocycles. The van der Waals surface area contributed by atoms with Crippen LogP contribution in [0.4, 0.5) is 33.2 Å². The van der Waals surface area contributed by atoms with Crippen LogP contribution in [0.15, 0.2) is 42.6 Å². The molecule has 3 aromatic rings. The smallest absolute Gasteiger partial charge is 0.453 e. The number of nitrogens with zero attached hydrogens (tertiary/aromatic N) is 5. The van der Waals surface area contributed by atoms with Crippen molar-refractivity contribution in [3.05, 3.63) is 53.4 Å². The number of halogens is 4. The Balaban J connectivity index is 1.11. The third-order valence-electron chi connectivity index (χ3n) is 11.4. The number of ether oxygens (including phenoxy) is 3. The molecule has 3 atom stereocenters. The van der Waals surface area contributed by atoms with Gasteiger partial charge in [-0.05, 0) is 69.1 Å². The Morgan fingerprint density at radius 1 is 0.935 bits per heavy atom. The maximum atomic E-state index is 13.8. The number of hydrogen-bond acceptors (Lipinski definition) is 9. The number of carbonyl (C=O) groups excluding carboxylic acids is 4. The van der Waals surface area contributed by atoms with Crippen LogP contribution in [0.3, 0.4) is 0 Å². The molecule has 1 aromatic heterocycles. The molecule has 0 spiro atoms. The Morgan fingerprint density at radius 3 is 2.18 bits per heavy atom. The van der Waals surface area contributed by atoms with E-state index in [9.17, 15) is 32.3 Å². The van der Waals surface area contributed by atoms with E-state index in [0.29, 0.717) is 74.9 Å². The van der Waals surface area contributed by atoms with Gasteiger partial charge in [-0.2, -0.15) is 0 Å². The average Bonchev–Trinajstić information content (AvgIpc) is 3.87. The molecule has 3 aliphatic heterocycles. The van der Waals surface area contributed by atoms with E-state index < -0.39 is 35.9 Å². The number of methoxy groups -OCH3 is 1. The van der Waals surface area contributed by atoms with Gasteiger partial charge in [-0.25, -0.2) is 19.4 Å². The van der Waals surface area contributed by atoms with Gasteiger partial charge in [-0.15, -0.1) is 13.2 Å². The van der Waals surface area contributed by atoms with Gasteiger partial charge in [0.2, 0.25) is 5.91 Å². The molecule has 4 heterocycles. The van der Waals surface area contributed by atoms with Gasteiger partial charge in [0.15, 0.2) is 0 Å². The highest BCUT2D eigenvalue weighted by Crippen LogP contribution is 2.41. The van der Waals surface area contributed by atoms with Gasteiger partial charge in [-0.3, -0.25) is 9.69 Å². The van der Waals surface area contributed by atoms with E-state index in [0.717, 1.165) is 18.9 Å². The largest absolute Gasteiger partial charge is 0.573 e. The molecule has 3 saturated heterocycles. The second kappa shape index (κ2) is 19.0. The van der Waals surface area contributed by atoms with E-state index in [4.69, 9.17) is 21.1 Å². The van der Waals surface area contributed by atoms with Crippen molar-refractivity contribution < 1.29 is 46.6 Å².